The van der Waals surface area contributed by atoms with E-state index in [4.69, 9.17) is 5.73 Å². The highest BCUT2D eigenvalue weighted by Crippen LogP contribution is 2.34. The third kappa shape index (κ3) is 3.64. The van der Waals surface area contributed by atoms with E-state index >= 15 is 0 Å². The van der Waals surface area contributed by atoms with Crippen molar-refractivity contribution in [2.75, 3.05) is 5.73 Å². The molecule has 0 spiro atoms. The van der Waals surface area contributed by atoms with E-state index in [1.54, 1.807) is 6.20 Å². The monoisotopic (exact) mass is 311 g/mol. The van der Waals surface area contributed by atoms with E-state index < -0.39 is 0 Å². The third-order valence-corrected chi connectivity index (χ3v) is 4.39. The molecule has 0 aliphatic heterocycles. The first-order valence-corrected chi connectivity index (χ1v) is 8.03. The molecule has 0 bridgehead atoms. The van der Waals surface area contributed by atoms with Gasteiger partial charge in [-0.2, -0.15) is 0 Å². The van der Waals surface area contributed by atoms with Gasteiger partial charge in [0.2, 0.25) is 0 Å². The van der Waals surface area contributed by atoms with Gasteiger partial charge >= 0.3 is 0 Å². The van der Waals surface area contributed by atoms with Crippen LogP contribution in [0.25, 0.3) is 0 Å². The van der Waals surface area contributed by atoms with Crippen LogP contribution in [0.15, 0.2) is 36.9 Å². The van der Waals surface area contributed by atoms with E-state index in [0.29, 0.717) is 5.92 Å². The molecule has 2 aromatic rings. The lowest BCUT2D eigenvalue weighted by Crippen LogP contribution is -2.35. The first-order chi connectivity index (χ1) is 11.3. The minimum absolute atomic E-state index is 0.0714. The van der Waals surface area contributed by atoms with Gasteiger partial charge in [0, 0.05) is 24.8 Å². The van der Waals surface area contributed by atoms with Gasteiger partial charge in [0.05, 0.1) is 6.04 Å². The number of hydrogen-bond donors (Lipinski definition) is 2. The van der Waals surface area contributed by atoms with Crippen LogP contribution in [0.4, 0.5) is 5.82 Å². The molecule has 6 heteroatoms. The minimum Gasteiger partial charge on any atom is -0.382 e. The summed E-state index contributed by atoms with van der Waals surface area (Å²) < 4.78 is 0. The fourth-order valence-electron chi connectivity index (χ4n) is 3.23. The Bertz CT molecular complexity index is 655. The molecule has 1 amide bonds. The van der Waals surface area contributed by atoms with E-state index in [1.807, 2.05) is 18.3 Å². The summed E-state index contributed by atoms with van der Waals surface area (Å²) in [4.78, 5) is 24.8. The van der Waals surface area contributed by atoms with Crippen molar-refractivity contribution in [3.8, 4) is 0 Å². The fraction of sp³-hybridized carbons (Fsp3) is 0.412. The lowest BCUT2D eigenvalue weighted by Gasteiger charge is -2.31. The Morgan fingerprint density at radius 3 is 2.65 bits per heavy atom. The van der Waals surface area contributed by atoms with Crippen LogP contribution in [-0.2, 0) is 0 Å². The van der Waals surface area contributed by atoms with Gasteiger partial charge in [-0.05, 0) is 30.4 Å². The minimum atomic E-state index is -0.282. The molecule has 23 heavy (non-hydrogen) atoms. The van der Waals surface area contributed by atoms with Crippen LogP contribution < -0.4 is 11.1 Å². The lowest BCUT2D eigenvalue weighted by molar-refractivity contribution is 0.0908. The van der Waals surface area contributed by atoms with Gasteiger partial charge in [-0.25, -0.2) is 9.97 Å². The van der Waals surface area contributed by atoms with E-state index in [1.165, 1.54) is 31.7 Å². The first kappa shape index (κ1) is 15.4. The topological polar surface area (TPSA) is 93.8 Å². The largest absolute Gasteiger partial charge is 0.382 e. The zero-order chi connectivity index (χ0) is 16.1. The Morgan fingerprint density at radius 1 is 1.17 bits per heavy atom. The maximum absolute atomic E-state index is 12.6. The third-order valence-electron chi connectivity index (χ3n) is 4.39. The van der Waals surface area contributed by atoms with Gasteiger partial charge in [0.25, 0.3) is 5.91 Å². The Labute approximate surface area is 135 Å². The molecule has 1 aliphatic rings. The number of nitrogens with zero attached hydrogens (tertiary/aromatic N) is 3. The molecule has 3 rings (SSSR count). The second-order valence-corrected chi connectivity index (χ2v) is 5.93. The molecule has 0 aromatic carbocycles. The van der Waals surface area contributed by atoms with Gasteiger partial charge in [0.1, 0.15) is 0 Å². The number of aromatic nitrogens is 3. The maximum atomic E-state index is 12.6. The molecular weight excluding hydrogens is 290 g/mol. The summed E-state index contributed by atoms with van der Waals surface area (Å²) >= 11 is 0. The Kier molecular flexibility index (Phi) is 4.80. The van der Waals surface area contributed by atoms with Crippen LogP contribution in [0.5, 0.6) is 0 Å². The first-order valence-electron chi connectivity index (χ1n) is 8.03. The summed E-state index contributed by atoms with van der Waals surface area (Å²) in [5.41, 5.74) is 6.97. The predicted molar refractivity (Wildman–Crippen MR) is 87.5 cm³/mol. The zero-order valence-corrected chi connectivity index (χ0v) is 13.0. The van der Waals surface area contributed by atoms with Crippen molar-refractivity contribution in [3.05, 3.63) is 48.2 Å². The van der Waals surface area contributed by atoms with Gasteiger partial charge in [-0.1, -0.05) is 25.3 Å². The van der Waals surface area contributed by atoms with E-state index in [-0.39, 0.29) is 23.5 Å². The van der Waals surface area contributed by atoms with Gasteiger partial charge in [-0.3, -0.25) is 9.78 Å². The second kappa shape index (κ2) is 7.17. The number of carbonyl (C=O) groups is 1. The SMILES string of the molecule is Nc1nccnc1C(=O)NC(c1cccnc1)C1CCCCC1. The van der Waals surface area contributed by atoms with Crippen molar-refractivity contribution in [2.45, 2.75) is 38.1 Å². The Balaban J connectivity index is 1.84. The highest BCUT2D eigenvalue weighted by atomic mass is 16.2. The lowest BCUT2D eigenvalue weighted by atomic mass is 9.81. The van der Waals surface area contributed by atoms with Crippen molar-refractivity contribution in [2.24, 2.45) is 5.92 Å². The van der Waals surface area contributed by atoms with Crippen molar-refractivity contribution in [3.63, 3.8) is 0 Å². The number of hydrogen-bond acceptors (Lipinski definition) is 5. The number of carbonyl (C=O) groups excluding carboxylic acids is 1. The number of rotatable bonds is 4. The van der Waals surface area contributed by atoms with Crippen LogP contribution in [0.3, 0.4) is 0 Å². The molecule has 0 saturated heterocycles. The Morgan fingerprint density at radius 2 is 1.96 bits per heavy atom. The molecule has 1 unspecified atom stereocenters. The van der Waals surface area contributed by atoms with Crippen LogP contribution in [0.2, 0.25) is 0 Å². The average molecular weight is 311 g/mol. The van der Waals surface area contributed by atoms with Gasteiger partial charge in [-0.15, -0.1) is 0 Å². The molecule has 0 radical (unpaired) electrons. The zero-order valence-electron chi connectivity index (χ0n) is 13.0. The molecule has 6 nitrogen and oxygen atoms in total. The maximum Gasteiger partial charge on any atom is 0.274 e. The van der Waals surface area contributed by atoms with Crippen molar-refractivity contribution < 1.29 is 4.79 Å². The molecule has 2 aromatic heterocycles. The van der Waals surface area contributed by atoms with E-state index in [0.717, 1.165) is 18.4 Å². The van der Waals surface area contributed by atoms with Crippen LogP contribution >= 0.6 is 0 Å². The summed E-state index contributed by atoms with van der Waals surface area (Å²) in [6.07, 6.45) is 12.4. The summed E-state index contributed by atoms with van der Waals surface area (Å²) in [7, 11) is 0. The number of pyridine rings is 1. The number of anilines is 1. The van der Waals surface area contributed by atoms with Gasteiger partial charge < -0.3 is 11.1 Å². The van der Waals surface area contributed by atoms with Crippen LogP contribution in [-0.4, -0.2) is 20.9 Å². The predicted octanol–water partition coefficient (Wildman–Crippen LogP) is 2.51. The molecule has 2 heterocycles. The highest BCUT2D eigenvalue weighted by Gasteiger charge is 2.28. The van der Waals surface area contributed by atoms with Crippen molar-refractivity contribution in [1.82, 2.24) is 20.3 Å². The Hall–Kier alpha value is -2.50. The smallest absolute Gasteiger partial charge is 0.274 e. The van der Waals surface area contributed by atoms with E-state index in [9.17, 15) is 4.79 Å². The highest BCUT2D eigenvalue weighted by molar-refractivity contribution is 5.96. The van der Waals surface area contributed by atoms with E-state index in [2.05, 4.69) is 20.3 Å². The second-order valence-electron chi connectivity index (χ2n) is 5.93. The molecule has 120 valence electrons. The molecule has 3 N–H and O–H groups in total. The average Bonchev–Trinajstić information content (AvgIpc) is 2.61. The van der Waals surface area contributed by atoms with Crippen molar-refractivity contribution in [1.29, 1.82) is 0 Å². The molecule has 1 atom stereocenters. The summed E-state index contributed by atoms with van der Waals surface area (Å²) in [5.74, 6) is 0.281. The molecule has 1 saturated carbocycles. The normalized spacial score (nSPS) is 16.7. The quantitative estimate of drug-likeness (QED) is 0.904. The number of amides is 1. The number of nitrogens with two attached hydrogens (primary N) is 1. The fourth-order valence-corrected chi connectivity index (χ4v) is 3.23. The summed E-state index contributed by atoms with van der Waals surface area (Å²) in [6, 6.07) is 3.83. The molecule has 1 fully saturated rings. The standard InChI is InChI=1S/C17H21N5O/c18-16-15(20-9-10-21-16)17(23)22-14(12-5-2-1-3-6-12)13-7-4-8-19-11-13/h4,7-12,14H,1-3,5-6H2,(H2,18,21)(H,22,23). The summed E-state index contributed by atoms with van der Waals surface area (Å²) in [6.45, 7) is 0. The van der Waals surface area contributed by atoms with Crippen LogP contribution in [0.1, 0.15) is 54.2 Å². The number of nitrogen functional groups attached to an aromatic ring is 1. The van der Waals surface area contributed by atoms with Gasteiger partial charge in [0.15, 0.2) is 11.5 Å². The molecular formula is C17H21N5O. The summed E-state index contributed by atoms with van der Waals surface area (Å²) in [5, 5.41) is 3.10. The van der Waals surface area contributed by atoms with Crippen LogP contribution in [0, 0.1) is 5.92 Å². The number of nitrogens with one attached hydrogen (secondary N) is 1. The van der Waals surface area contributed by atoms with Crippen molar-refractivity contribution >= 4 is 11.7 Å². The molecule has 1 aliphatic carbocycles.